The first kappa shape index (κ1) is 19.0. The van der Waals surface area contributed by atoms with Crippen LogP contribution in [-0.2, 0) is 16.1 Å². The molecule has 28 heavy (non-hydrogen) atoms. The number of carbonyl (C=O) groups is 1. The van der Waals surface area contributed by atoms with Gasteiger partial charge in [-0.1, -0.05) is 35.9 Å². The van der Waals surface area contributed by atoms with Crippen LogP contribution < -0.4 is 11.1 Å². The number of hydrogen-bond acceptors (Lipinski definition) is 7. The molecule has 2 aromatic carbocycles. The number of ether oxygens (including phenoxy) is 1. The number of aryl methyl sites for hydroxylation is 1. The van der Waals surface area contributed by atoms with E-state index >= 15 is 0 Å². The van der Waals surface area contributed by atoms with E-state index in [9.17, 15) is 9.18 Å². The molecule has 3 N–H and O–H groups in total. The number of nitrogens with two attached hydrogens (primary N) is 1. The van der Waals surface area contributed by atoms with Crippen molar-refractivity contribution in [2.75, 3.05) is 11.1 Å². The second-order valence-corrected chi connectivity index (χ2v) is 5.89. The van der Waals surface area contributed by atoms with Crippen LogP contribution in [-0.4, -0.2) is 20.9 Å². The summed E-state index contributed by atoms with van der Waals surface area (Å²) in [5.74, 6) is -0.657. The number of nitrogens with zero attached hydrogens (tertiary/aromatic N) is 3. The van der Waals surface area contributed by atoms with E-state index in [-0.39, 0.29) is 29.9 Å². The molecule has 142 valence electrons. The minimum atomic E-state index is -0.657. The molecule has 0 aliphatic rings. The highest BCUT2D eigenvalue weighted by molar-refractivity contribution is 5.87. The summed E-state index contributed by atoms with van der Waals surface area (Å²) in [5.41, 5.74) is 7.89. The van der Waals surface area contributed by atoms with Gasteiger partial charge in [0.25, 0.3) is 0 Å². The van der Waals surface area contributed by atoms with E-state index in [1.54, 1.807) is 18.2 Å². The van der Waals surface area contributed by atoms with Gasteiger partial charge in [-0.3, -0.25) is 0 Å². The molecular weight excluding hydrogens is 361 g/mol. The molecule has 0 spiro atoms. The van der Waals surface area contributed by atoms with Crippen molar-refractivity contribution in [3.8, 4) is 0 Å². The van der Waals surface area contributed by atoms with Gasteiger partial charge in [0.15, 0.2) is 12.4 Å². The summed E-state index contributed by atoms with van der Waals surface area (Å²) in [5, 5.41) is 3.01. The number of nitrogen functional groups attached to an aromatic ring is 1. The van der Waals surface area contributed by atoms with Gasteiger partial charge in [-0.2, -0.15) is 15.0 Å². The minimum Gasteiger partial charge on any atom is -0.454 e. The van der Waals surface area contributed by atoms with E-state index in [4.69, 9.17) is 10.5 Å². The van der Waals surface area contributed by atoms with E-state index in [0.29, 0.717) is 0 Å². The van der Waals surface area contributed by atoms with Crippen molar-refractivity contribution in [3.63, 3.8) is 0 Å². The Hall–Kier alpha value is -3.81. The minimum absolute atomic E-state index is 0.00226. The monoisotopic (exact) mass is 379 g/mol. The van der Waals surface area contributed by atoms with Crippen molar-refractivity contribution in [2.24, 2.45) is 0 Å². The third kappa shape index (κ3) is 5.34. The Morgan fingerprint density at radius 2 is 1.89 bits per heavy atom. The molecule has 0 aliphatic carbocycles. The molecule has 0 aliphatic heterocycles. The lowest BCUT2D eigenvalue weighted by Crippen LogP contribution is -2.10. The summed E-state index contributed by atoms with van der Waals surface area (Å²) in [6.07, 6.45) is 2.47. The molecule has 1 heterocycles. The number of hydrogen-bond donors (Lipinski definition) is 2. The summed E-state index contributed by atoms with van der Waals surface area (Å²) < 4.78 is 18.6. The molecule has 0 fully saturated rings. The lowest BCUT2D eigenvalue weighted by atomic mass is 10.2. The third-order valence-corrected chi connectivity index (χ3v) is 3.65. The predicted molar refractivity (Wildman–Crippen MR) is 104 cm³/mol. The lowest BCUT2D eigenvalue weighted by Gasteiger charge is -2.07. The molecule has 0 saturated carbocycles. The van der Waals surface area contributed by atoms with Gasteiger partial charge in [-0.25, -0.2) is 9.18 Å². The fourth-order valence-corrected chi connectivity index (χ4v) is 2.28. The van der Waals surface area contributed by atoms with Crippen molar-refractivity contribution in [1.82, 2.24) is 15.0 Å². The van der Waals surface area contributed by atoms with E-state index in [2.05, 4.69) is 20.3 Å². The predicted octanol–water partition coefficient (Wildman–Crippen LogP) is 3.40. The molecule has 1 aromatic heterocycles. The van der Waals surface area contributed by atoms with Gasteiger partial charge in [0.05, 0.1) is 0 Å². The number of anilines is 3. The molecule has 0 saturated heterocycles. The quantitative estimate of drug-likeness (QED) is 0.500. The highest BCUT2D eigenvalue weighted by atomic mass is 19.1. The van der Waals surface area contributed by atoms with Crippen molar-refractivity contribution < 1.29 is 13.9 Å². The van der Waals surface area contributed by atoms with Crippen molar-refractivity contribution in [2.45, 2.75) is 13.5 Å². The normalized spacial score (nSPS) is 10.8. The number of benzene rings is 2. The Morgan fingerprint density at radius 3 is 2.64 bits per heavy atom. The summed E-state index contributed by atoms with van der Waals surface area (Å²) >= 11 is 0. The average molecular weight is 379 g/mol. The van der Waals surface area contributed by atoms with Crippen LogP contribution in [0.4, 0.5) is 22.0 Å². The summed E-state index contributed by atoms with van der Waals surface area (Å²) in [6.45, 7) is 1.79. The first-order valence-electron chi connectivity index (χ1n) is 8.43. The van der Waals surface area contributed by atoms with Gasteiger partial charge in [-0.05, 0) is 31.2 Å². The second-order valence-electron chi connectivity index (χ2n) is 5.89. The van der Waals surface area contributed by atoms with Crippen molar-refractivity contribution in [1.29, 1.82) is 0 Å². The number of halogens is 1. The molecule has 0 unspecified atom stereocenters. The molecule has 0 atom stereocenters. The maximum atomic E-state index is 13.5. The van der Waals surface area contributed by atoms with Crippen LogP contribution in [0.15, 0.2) is 54.6 Å². The van der Waals surface area contributed by atoms with Crippen LogP contribution in [0.2, 0.25) is 0 Å². The molecule has 3 rings (SSSR count). The summed E-state index contributed by atoms with van der Waals surface area (Å²) in [7, 11) is 0. The molecule has 7 nitrogen and oxygen atoms in total. The number of aromatic nitrogens is 3. The topological polar surface area (TPSA) is 103 Å². The zero-order valence-electron chi connectivity index (χ0n) is 15.1. The zero-order valence-corrected chi connectivity index (χ0v) is 15.1. The van der Waals surface area contributed by atoms with Crippen LogP contribution in [0.5, 0.6) is 0 Å². The van der Waals surface area contributed by atoms with Crippen LogP contribution in [0.1, 0.15) is 17.0 Å². The van der Waals surface area contributed by atoms with E-state index in [1.807, 2.05) is 31.2 Å². The van der Waals surface area contributed by atoms with E-state index < -0.39 is 11.8 Å². The standard InChI is InChI=1S/C20H18FN5O2/c1-13-6-9-15(10-7-13)23-20-25-17(24-19(22)26-20)12-28-18(27)11-8-14-4-2-3-5-16(14)21/h2-11H,12H2,1H3,(H3,22,23,24,25,26)/b11-8+. The third-order valence-electron chi connectivity index (χ3n) is 3.65. The summed E-state index contributed by atoms with van der Waals surface area (Å²) in [6, 6.07) is 13.7. The van der Waals surface area contributed by atoms with Crippen molar-refractivity contribution >= 4 is 29.6 Å². The Labute approximate surface area is 161 Å². The SMILES string of the molecule is Cc1ccc(Nc2nc(N)nc(COC(=O)/C=C/c3ccccc3F)n2)cc1. The maximum Gasteiger partial charge on any atom is 0.331 e. The number of esters is 1. The zero-order chi connectivity index (χ0) is 19.9. The first-order chi connectivity index (χ1) is 13.5. The molecule has 3 aromatic rings. The highest BCUT2D eigenvalue weighted by Gasteiger charge is 2.08. The number of nitrogens with one attached hydrogen (secondary N) is 1. The van der Waals surface area contributed by atoms with Gasteiger partial charge in [0.2, 0.25) is 11.9 Å². The van der Waals surface area contributed by atoms with Crippen LogP contribution in [0.25, 0.3) is 6.08 Å². The summed E-state index contributed by atoms with van der Waals surface area (Å²) in [4.78, 5) is 24.0. The van der Waals surface area contributed by atoms with Crippen molar-refractivity contribution in [3.05, 3.63) is 77.4 Å². The van der Waals surface area contributed by atoms with Crippen LogP contribution >= 0.6 is 0 Å². The molecule has 0 radical (unpaired) electrons. The largest absolute Gasteiger partial charge is 0.454 e. The Morgan fingerprint density at radius 1 is 1.14 bits per heavy atom. The Bertz CT molecular complexity index is 1010. The molecule has 8 heteroatoms. The lowest BCUT2D eigenvalue weighted by molar-refractivity contribution is -0.139. The highest BCUT2D eigenvalue weighted by Crippen LogP contribution is 2.14. The van der Waals surface area contributed by atoms with E-state index in [0.717, 1.165) is 17.3 Å². The smallest absolute Gasteiger partial charge is 0.331 e. The Kier molecular flexibility index (Phi) is 5.91. The van der Waals surface area contributed by atoms with Gasteiger partial charge in [0, 0.05) is 17.3 Å². The Balaban J connectivity index is 1.62. The first-order valence-corrected chi connectivity index (χ1v) is 8.43. The molecule has 0 bridgehead atoms. The van der Waals surface area contributed by atoms with Gasteiger partial charge >= 0.3 is 5.97 Å². The van der Waals surface area contributed by atoms with E-state index in [1.165, 1.54) is 12.1 Å². The van der Waals surface area contributed by atoms with Gasteiger partial charge in [-0.15, -0.1) is 0 Å². The number of carbonyl (C=O) groups excluding carboxylic acids is 1. The molecular formula is C20H18FN5O2. The van der Waals surface area contributed by atoms with Gasteiger partial charge in [0.1, 0.15) is 5.82 Å². The van der Waals surface area contributed by atoms with Gasteiger partial charge < -0.3 is 15.8 Å². The molecule has 0 amide bonds. The van der Waals surface area contributed by atoms with Crippen LogP contribution in [0.3, 0.4) is 0 Å². The average Bonchev–Trinajstić information content (AvgIpc) is 2.67. The second kappa shape index (κ2) is 8.72. The fourth-order valence-electron chi connectivity index (χ4n) is 2.28. The fraction of sp³-hybridized carbons (Fsp3) is 0.100. The number of rotatable bonds is 6. The van der Waals surface area contributed by atoms with Crippen LogP contribution in [0, 0.1) is 12.7 Å². The maximum absolute atomic E-state index is 13.5.